The highest BCUT2D eigenvalue weighted by molar-refractivity contribution is 7.15. The highest BCUT2D eigenvalue weighted by Gasteiger charge is 2.34. The predicted octanol–water partition coefficient (Wildman–Crippen LogP) is 10.2. The molecule has 14 nitrogen and oxygen atoms in total. The molecule has 6 heterocycles. The van der Waals surface area contributed by atoms with Crippen LogP contribution in [0.15, 0.2) is 58.5 Å². The van der Waals surface area contributed by atoms with Gasteiger partial charge in [-0.1, -0.05) is 47.5 Å². The van der Waals surface area contributed by atoms with Crippen LogP contribution in [0.3, 0.4) is 0 Å². The Hall–Kier alpha value is -4.78. The normalized spacial score (nSPS) is 15.2. The van der Waals surface area contributed by atoms with Gasteiger partial charge in [-0.25, -0.2) is 0 Å². The molecule has 0 spiro atoms. The number of halogens is 2. The monoisotopic (exact) mass is 998 g/mol. The van der Waals surface area contributed by atoms with Crippen molar-refractivity contribution in [3.8, 4) is 10.0 Å². The summed E-state index contributed by atoms with van der Waals surface area (Å²) in [6.45, 7) is 15.7. The van der Waals surface area contributed by atoms with E-state index in [0.29, 0.717) is 100 Å². The Morgan fingerprint density at radius 3 is 1.25 bits per heavy atom. The molecule has 0 N–H and O–H groups in total. The number of hydrogen-bond donors (Lipinski definition) is 0. The first-order valence-corrected chi connectivity index (χ1v) is 25.4. The first kappa shape index (κ1) is 49.6. The summed E-state index contributed by atoms with van der Waals surface area (Å²) in [5.41, 5.74) is 7.92. The Kier molecular flexibility index (Phi) is 16.6. The molecule has 0 bridgehead atoms. The summed E-state index contributed by atoms with van der Waals surface area (Å²) in [4.78, 5) is 39.5. The topological polar surface area (TPSA) is 157 Å². The number of aryl methyl sites for hydroxylation is 4. The van der Waals surface area contributed by atoms with Gasteiger partial charge in [-0.05, 0) is 89.8 Å². The summed E-state index contributed by atoms with van der Waals surface area (Å²) >= 11 is 15.9. The number of Topliss-reactive ketones (excluding diaryl/α,β-unsaturated/α-hetero) is 2. The molecule has 0 saturated carbocycles. The van der Waals surface area contributed by atoms with Crippen LogP contribution in [-0.2, 0) is 28.5 Å². The van der Waals surface area contributed by atoms with Gasteiger partial charge in [0.2, 0.25) is 0 Å². The Balaban J connectivity index is 0.696. The maximum absolute atomic E-state index is 13.4. The van der Waals surface area contributed by atoms with Gasteiger partial charge in [0.15, 0.2) is 11.6 Å². The lowest BCUT2D eigenvalue weighted by atomic mass is 9.99. The second kappa shape index (κ2) is 22.8. The summed E-state index contributed by atoms with van der Waals surface area (Å²) in [6.07, 6.45) is 2.34. The van der Waals surface area contributed by atoms with E-state index in [9.17, 15) is 9.59 Å². The highest BCUT2D eigenvalue weighted by Crippen LogP contribution is 2.41. The van der Waals surface area contributed by atoms with Gasteiger partial charge in [-0.3, -0.25) is 28.7 Å². The third-order valence-corrected chi connectivity index (χ3v) is 15.0. The molecule has 2 aliphatic heterocycles. The molecule has 6 aromatic rings. The van der Waals surface area contributed by atoms with Gasteiger partial charge in [0.25, 0.3) is 0 Å². The second-order valence-corrected chi connectivity index (χ2v) is 20.2. The minimum absolute atomic E-state index is 0.0871. The fraction of sp³-hybridized carbons (Fsp3) is 0.440. The van der Waals surface area contributed by atoms with E-state index in [1.807, 2.05) is 62.4 Å². The van der Waals surface area contributed by atoms with Crippen molar-refractivity contribution < 1.29 is 28.5 Å². The zero-order chi connectivity index (χ0) is 47.9. The fourth-order valence-electron chi connectivity index (χ4n) is 8.41. The van der Waals surface area contributed by atoms with Gasteiger partial charge < -0.3 is 18.9 Å². The van der Waals surface area contributed by atoms with E-state index in [1.165, 1.54) is 9.75 Å². The van der Waals surface area contributed by atoms with Crippen LogP contribution in [0.25, 0.3) is 10.0 Å². The van der Waals surface area contributed by atoms with E-state index in [2.05, 4.69) is 57.2 Å². The van der Waals surface area contributed by atoms with E-state index < -0.39 is 12.1 Å². The summed E-state index contributed by atoms with van der Waals surface area (Å²) in [5, 5.41) is 21.2. The van der Waals surface area contributed by atoms with E-state index in [-0.39, 0.29) is 24.4 Å². The van der Waals surface area contributed by atoms with Crippen LogP contribution < -0.4 is 0 Å². The first-order valence-electron chi connectivity index (χ1n) is 23.0. The number of nitrogens with zero attached hydrogens (tertiary/aromatic N) is 8. The maximum Gasteiger partial charge on any atom is 0.163 e. The van der Waals surface area contributed by atoms with E-state index in [0.717, 1.165) is 66.5 Å². The molecule has 68 heavy (non-hydrogen) atoms. The number of aromatic nitrogens is 6. The zero-order valence-corrected chi connectivity index (χ0v) is 42.4. The fourth-order valence-corrected chi connectivity index (χ4v) is 11.1. The molecule has 2 aromatic carbocycles. The first-order chi connectivity index (χ1) is 32.9. The van der Waals surface area contributed by atoms with Crippen LogP contribution in [-0.4, -0.2) is 105 Å². The minimum atomic E-state index is -0.484. The van der Waals surface area contributed by atoms with Gasteiger partial charge in [-0.2, -0.15) is 0 Å². The number of aliphatic imine (C=N–C) groups is 2. The van der Waals surface area contributed by atoms with E-state index >= 15 is 0 Å². The molecule has 2 unspecified atom stereocenters. The number of benzene rings is 2. The van der Waals surface area contributed by atoms with Crippen molar-refractivity contribution in [3.63, 3.8) is 0 Å². The Labute approximate surface area is 414 Å². The third-order valence-electron chi connectivity index (χ3n) is 12.2. The van der Waals surface area contributed by atoms with Crippen LogP contribution >= 0.6 is 45.9 Å². The molecule has 0 fully saturated rings. The van der Waals surface area contributed by atoms with Crippen molar-refractivity contribution in [1.82, 2.24) is 29.5 Å². The molecular weight excluding hydrogens is 944 g/mol. The number of fused-ring (bicyclic) bond motifs is 6. The van der Waals surface area contributed by atoms with Crippen molar-refractivity contribution in [2.75, 3.05) is 52.9 Å². The molecule has 18 heteroatoms. The van der Waals surface area contributed by atoms with Crippen molar-refractivity contribution in [3.05, 3.63) is 125 Å². The number of carbonyl (C=O) groups is 2. The van der Waals surface area contributed by atoms with Crippen LogP contribution in [0.1, 0.15) is 117 Å². The maximum atomic E-state index is 13.4. The average Bonchev–Trinajstić information content (AvgIpc) is 4.01. The summed E-state index contributed by atoms with van der Waals surface area (Å²) in [7, 11) is 0. The van der Waals surface area contributed by atoms with Gasteiger partial charge in [0.05, 0.1) is 51.1 Å². The minimum Gasteiger partial charge on any atom is -0.379 e. The second-order valence-electron chi connectivity index (χ2n) is 17.0. The molecule has 0 radical (unpaired) electrons. The SMILES string of the molecule is Cc1sc2c(c1C)C(c1ccc(Cl)cc1)=NC(CC(=O)CCCOCCOCCOCCOCCCC(=O)CC1N=C(c3ccc(Cl)cc3)c3c(sc(C)c3C)-n3c(C)nnc31)c1nnc(C)n1-2. The number of ketones is 2. The van der Waals surface area contributed by atoms with Crippen LogP contribution in [0, 0.1) is 41.5 Å². The van der Waals surface area contributed by atoms with Crippen LogP contribution in [0.4, 0.5) is 0 Å². The smallest absolute Gasteiger partial charge is 0.163 e. The molecule has 0 saturated heterocycles. The van der Waals surface area contributed by atoms with Crippen LogP contribution in [0.2, 0.25) is 10.0 Å². The third kappa shape index (κ3) is 11.3. The van der Waals surface area contributed by atoms with Crippen molar-refractivity contribution in [2.24, 2.45) is 9.98 Å². The standard InChI is InChI=1S/C50H56Cl2N8O6S2/c1-29-31(3)67-49-43(29)45(35-11-15-37(51)16-12-35)53-41(47-57-55-33(5)59(47)49)27-39(61)9-7-19-63-21-23-65-25-26-66-24-22-64-20-8-10-40(62)28-42-48-58-56-34(6)60(48)50-44(30(2)32(4)68-50)46(54-42)36-13-17-38(52)18-14-36/h11-18,41-42H,7-10,19-28H2,1-6H3. The lowest BCUT2D eigenvalue weighted by Gasteiger charge is -2.12. The lowest BCUT2D eigenvalue weighted by Crippen LogP contribution is -2.14. The Morgan fingerprint density at radius 1 is 0.529 bits per heavy atom. The summed E-state index contributed by atoms with van der Waals surface area (Å²) < 4.78 is 27.0. The molecule has 0 amide bonds. The quantitative estimate of drug-likeness (QED) is 0.0566. The molecule has 4 aromatic heterocycles. The molecule has 8 rings (SSSR count). The lowest BCUT2D eigenvalue weighted by molar-refractivity contribution is -0.120. The number of carbonyl (C=O) groups excluding carboxylic acids is 2. The molecule has 358 valence electrons. The zero-order valence-electron chi connectivity index (χ0n) is 39.3. The number of rotatable bonds is 23. The average molecular weight is 1000 g/mol. The summed E-state index contributed by atoms with van der Waals surface area (Å²) in [5.74, 6) is 3.04. The molecule has 2 atom stereocenters. The van der Waals surface area contributed by atoms with Crippen LogP contribution in [0.5, 0.6) is 0 Å². The Bertz CT molecular complexity index is 2620. The number of thiophene rings is 2. The van der Waals surface area contributed by atoms with Crippen molar-refractivity contribution in [1.29, 1.82) is 0 Å². The highest BCUT2D eigenvalue weighted by atomic mass is 35.5. The summed E-state index contributed by atoms with van der Waals surface area (Å²) in [6, 6.07) is 14.4. The molecule has 2 aliphatic rings. The largest absolute Gasteiger partial charge is 0.379 e. The van der Waals surface area contributed by atoms with Gasteiger partial charge in [0, 0.05) is 81.0 Å². The van der Waals surface area contributed by atoms with E-state index in [4.69, 9.17) is 52.1 Å². The van der Waals surface area contributed by atoms with Crippen molar-refractivity contribution >= 4 is 68.9 Å². The predicted molar refractivity (Wildman–Crippen MR) is 268 cm³/mol. The van der Waals surface area contributed by atoms with Crippen molar-refractivity contribution in [2.45, 2.75) is 92.2 Å². The van der Waals surface area contributed by atoms with Gasteiger partial charge in [-0.15, -0.1) is 43.1 Å². The molecular formula is C50H56Cl2N8O6S2. The Morgan fingerprint density at radius 2 is 0.882 bits per heavy atom. The van der Waals surface area contributed by atoms with E-state index in [1.54, 1.807) is 22.7 Å². The molecule has 0 aliphatic carbocycles. The van der Waals surface area contributed by atoms with Gasteiger partial charge >= 0.3 is 0 Å². The number of hydrogen-bond acceptors (Lipinski definition) is 14. The number of ether oxygens (including phenoxy) is 4. The van der Waals surface area contributed by atoms with Gasteiger partial charge in [0.1, 0.15) is 45.3 Å².